The Morgan fingerprint density at radius 2 is 1.96 bits per heavy atom. The number of sulfonamides is 1. The molecule has 0 spiro atoms. The van der Waals surface area contributed by atoms with Gasteiger partial charge in [0.15, 0.2) is 0 Å². The molecule has 0 fully saturated rings. The number of nitrogens with zero attached hydrogens (tertiary/aromatic N) is 2. The molecule has 1 heterocycles. The second-order valence-electron chi connectivity index (χ2n) is 6.31. The Bertz CT molecular complexity index is 1220. The number of nitrogens with one attached hydrogen (secondary N) is 1. The summed E-state index contributed by atoms with van der Waals surface area (Å²) in [7, 11) is -2.19. The first-order chi connectivity index (χ1) is 13.1. The fraction of sp³-hybridized carbons (Fsp3) is 0.222. The standard InChI is InChI=1S/C18H18FN3O4S2/c1-11(22(28(3,25)26)14-6-4-5-12(19)9-14)17(23)20-13-7-8-15-16(10-13)27-18(24)21(15)2/h4-11H,1-3H3,(H,20,23)/t11-/m1/s1. The summed E-state index contributed by atoms with van der Waals surface area (Å²) in [5, 5.41) is 2.66. The molecule has 148 valence electrons. The van der Waals surface area contributed by atoms with Crippen LogP contribution in [0, 0.1) is 5.82 Å². The van der Waals surface area contributed by atoms with Crippen LogP contribution in [0.2, 0.25) is 0 Å². The van der Waals surface area contributed by atoms with Gasteiger partial charge in [0.1, 0.15) is 11.9 Å². The number of amides is 1. The fourth-order valence-electron chi connectivity index (χ4n) is 2.88. The Balaban J connectivity index is 1.90. The van der Waals surface area contributed by atoms with Gasteiger partial charge >= 0.3 is 4.87 Å². The summed E-state index contributed by atoms with van der Waals surface area (Å²) in [6.45, 7) is 1.42. The highest BCUT2D eigenvalue weighted by Gasteiger charge is 2.29. The third kappa shape index (κ3) is 3.92. The second-order valence-corrected chi connectivity index (χ2v) is 9.17. The number of carbonyl (C=O) groups excluding carboxylic acids is 1. The average Bonchev–Trinajstić information content (AvgIpc) is 2.87. The van der Waals surface area contributed by atoms with Crippen molar-refractivity contribution in [2.24, 2.45) is 7.05 Å². The average molecular weight is 423 g/mol. The molecule has 1 aromatic heterocycles. The highest BCUT2D eigenvalue weighted by atomic mass is 32.2. The van der Waals surface area contributed by atoms with Crippen molar-refractivity contribution in [2.75, 3.05) is 15.9 Å². The highest BCUT2D eigenvalue weighted by molar-refractivity contribution is 7.92. The molecule has 0 aliphatic heterocycles. The van der Waals surface area contributed by atoms with Gasteiger partial charge in [-0.05, 0) is 43.3 Å². The summed E-state index contributed by atoms with van der Waals surface area (Å²) >= 11 is 1.05. The van der Waals surface area contributed by atoms with E-state index >= 15 is 0 Å². The van der Waals surface area contributed by atoms with E-state index in [4.69, 9.17) is 0 Å². The molecule has 1 amide bonds. The van der Waals surface area contributed by atoms with Crippen LogP contribution < -0.4 is 14.5 Å². The highest BCUT2D eigenvalue weighted by Crippen LogP contribution is 2.24. The molecule has 10 heteroatoms. The zero-order valence-electron chi connectivity index (χ0n) is 15.3. The predicted molar refractivity (Wildman–Crippen MR) is 109 cm³/mol. The van der Waals surface area contributed by atoms with Crippen LogP contribution in [-0.4, -0.2) is 31.2 Å². The summed E-state index contributed by atoms with van der Waals surface area (Å²) in [6, 6.07) is 8.90. The molecule has 1 N–H and O–H groups in total. The Kier molecular flexibility index (Phi) is 5.26. The van der Waals surface area contributed by atoms with E-state index in [0.717, 1.165) is 33.5 Å². The summed E-state index contributed by atoms with van der Waals surface area (Å²) in [5.41, 5.74) is 1.22. The lowest BCUT2D eigenvalue weighted by atomic mass is 10.2. The van der Waals surface area contributed by atoms with Gasteiger partial charge in [0.2, 0.25) is 15.9 Å². The van der Waals surface area contributed by atoms with Crippen molar-refractivity contribution < 1.29 is 17.6 Å². The first-order valence-electron chi connectivity index (χ1n) is 8.23. The zero-order chi connectivity index (χ0) is 20.6. The number of anilines is 2. The zero-order valence-corrected chi connectivity index (χ0v) is 17.0. The summed E-state index contributed by atoms with van der Waals surface area (Å²) in [5.74, 6) is -1.19. The van der Waals surface area contributed by atoms with Gasteiger partial charge in [-0.2, -0.15) is 0 Å². The van der Waals surface area contributed by atoms with Crippen LogP contribution in [0.5, 0.6) is 0 Å². The molecule has 28 heavy (non-hydrogen) atoms. The van der Waals surface area contributed by atoms with Gasteiger partial charge in [0.05, 0.1) is 22.2 Å². The number of rotatable bonds is 5. The first-order valence-corrected chi connectivity index (χ1v) is 10.9. The lowest BCUT2D eigenvalue weighted by Crippen LogP contribution is -2.45. The third-order valence-corrected chi connectivity index (χ3v) is 6.45. The molecule has 0 aliphatic rings. The maximum atomic E-state index is 13.6. The predicted octanol–water partition coefficient (Wildman–Crippen LogP) is 2.53. The maximum absolute atomic E-state index is 13.6. The maximum Gasteiger partial charge on any atom is 0.307 e. The van der Waals surface area contributed by atoms with Crippen molar-refractivity contribution >= 4 is 48.9 Å². The van der Waals surface area contributed by atoms with Crippen molar-refractivity contribution in [3.63, 3.8) is 0 Å². The minimum absolute atomic E-state index is 0.0573. The van der Waals surface area contributed by atoms with Crippen LogP contribution in [0.3, 0.4) is 0 Å². The molecule has 3 rings (SSSR count). The van der Waals surface area contributed by atoms with Gasteiger partial charge in [0.25, 0.3) is 0 Å². The van der Waals surface area contributed by atoms with Crippen LogP contribution in [0.4, 0.5) is 15.8 Å². The monoisotopic (exact) mass is 423 g/mol. The summed E-state index contributed by atoms with van der Waals surface area (Å²) in [4.78, 5) is 24.3. The minimum atomic E-state index is -3.84. The van der Waals surface area contributed by atoms with Gasteiger partial charge in [-0.1, -0.05) is 17.4 Å². The van der Waals surface area contributed by atoms with E-state index in [1.165, 1.54) is 29.7 Å². The molecule has 1 atom stereocenters. The van der Waals surface area contributed by atoms with Crippen molar-refractivity contribution in [1.82, 2.24) is 4.57 Å². The van der Waals surface area contributed by atoms with E-state index < -0.39 is 27.8 Å². The number of fused-ring (bicyclic) bond motifs is 1. The van der Waals surface area contributed by atoms with E-state index in [9.17, 15) is 22.4 Å². The molecular weight excluding hydrogens is 405 g/mol. The SMILES string of the molecule is C[C@H](C(=O)Nc1ccc2c(c1)sc(=O)n2C)N(c1cccc(F)c1)S(C)(=O)=O. The van der Waals surface area contributed by atoms with Crippen molar-refractivity contribution in [3.05, 3.63) is 57.9 Å². The molecular formula is C18H18FN3O4S2. The van der Waals surface area contributed by atoms with Crippen LogP contribution in [0.1, 0.15) is 6.92 Å². The minimum Gasteiger partial charge on any atom is -0.324 e. The number of hydrogen-bond donors (Lipinski definition) is 1. The van der Waals surface area contributed by atoms with Crippen molar-refractivity contribution in [1.29, 1.82) is 0 Å². The van der Waals surface area contributed by atoms with Crippen molar-refractivity contribution in [3.8, 4) is 0 Å². The molecule has 2 aromatic carbocycles. The normalized spacial score (nSPS) is 12.7. The van der Waals surface area contributed by atoms with Gasteiger partial charge in [0, 0.05) is 12.7 Å². The second kappa shape index (κ2) is 7.36. The number of aryl methyl sites for hydroxylation is 1. The van der Waals surface area contributed by atoms with Gasteiger partial charge < -0.3 is 9.88 Å². The molecule has 0 bridgehead atoms. The van der Waals surface area contributed by atoms with Crippen molar-refractivity contribution in [2.45, 2.75) is 13.0 Å². The van der Waals surface area contributed by atoms with E-state index in [1.54, 1.807) is 25.2 Å². The van der Waals surface area contributed by atoms with E-state index in [0.29, 0.717) is 10.4 Å². The Morgan fingerprint density at radius 3 is 2.61 bits per heavy atom. The topological polar surface area (TPSA) is 88.5 Å². The fourth-order valence-corrected chi connectivity index (χ4v) is 4.97. The smallest absolute Gasteiger partial charge is 0.307 e. The van der Waals surface area contributed by atoms with Crippen LogP contribution in [-0.2, 0) is 21.9 Å². The van der Waals surface area contributed by atoms with Gasteiger partial charge in [-0.3, -0.25) is 13.9 Å². The molecule has 7 nitrogen and oxygen atoms in total. The number of halogens is 1. The molecule has 0 saturated heterocycles. The molecule has 3 aromatic rings. The molecule has 0 aliphatic carbocycles. The number of carbonyl (C=O) groups is 1. The van der Waals surface area contributed by atoms with E-state index in [1.807, 2.05) is 0 Å². The van der Waals surface area contributed by atoms with Crippen LogP contribution >= 0.6 is 11.3 Å². The van der Waals surface area contributed by atoms with Crippen LogP contribution in [0.25, 0.3) is 10.2 Å². The Labute approximate surface area is 165 Å². The molecule has 0 radical (unpaired) electrons. The quantitative estimate of drug-likeness (QED) is 0.683. The lowest BCUT2D eigenvalue weighted by molar-refractivity contribution is -0.116. The third-order valence-electron chi connectivity index (χ3n) is 4.21. The van der Waals surface area contributed by atoms with Gasteiger partial charge in [-0.25, -0.2) is 12.8 Å². The Morgan fingerprint density at radius 1 is 1.25 bits per heavy atom. The Hall–Kier alpha value is -2.72. The van der Waals surface area contributed by atoms with Gasteiger partial charge in [-0.15, -0.1) is 0 Å². The molecule has 0 saturated carbocycles. The number of aromatic nitrogens is 1. The number of hydrogen-bond acceptors (Lipinski definition) is 5. The number of thiazole rings is 1. The molecule has 0 unspecified atom stereocenters. The summed E-state index contributed by atoms with van der Waals surface area (Å²) in [6.07, 6.45) is 0.954. The van der Waals surface area contributed by atoms with E-state index in [2.05, 4.69) is 5.32 Å². The number of benzene rings is 2. The van der Waals surface area contributed by atoms with E-state index in [-0.39, 0.29) is 10.6 Å². The largest absolute Gasteiger partial charge is 0.324 e. The first kappa shape index (κ1) is 20.0. The van der Waals surface area contributed by atoms with Crippen LogP contribution in [0.15, 0.2) is 47.3 Å². The lowest BCUT2D eigenvalue weighted by Gasteiger charge is -2.28. The summed E-state index contributed by atoms with van der Waals surface area (Å²) < 4.78 is 41.1.